The maximum absolute atomic E-state index is 12.5. The molecule has 1 aliphatic heterocycles. The normalized spacial score (nSPS) is 17.1. The number of carbonyl (C=O) groups is 1. The zero-order valence-electron chi connectivity index (χ0n) is 14.8. The van der Waals surface area contributed by atoms with E-state index in [1.807, 2.05) is 17.0 Å². The highest BCUT2D eigenvalue weighted by molar-refractivity contribution is 5.79. The van der Waals surface area contributed by atoms with Crippen LogP contribution in [0.3, 0.4) is 0 Å². The number of carbonyl (C=O) groups excluding carboxylic acids is 1. The summed E-state index contributed by atoms with van der Waals surface area (Å²) < 4.78 is 5.49. The van der Waals surface area contributed by atoms with Gasteiger partial charge in [0, 0.05) is 30.9 Å². The summed E-state index contributed by atoms with van der Waals surface area (Å²) in [6.45, 7) is 4.68. The molecule has 0 N–H and O–H groups in total. The van der Waals surface area contributed by atoms with Gasteiger partial charge in [0.2, 0.25) is 17.6 Å². The monoisotopic (exact) mass is 348 g/mol. The van der Waals surface area contributed by atoms with E-state index in [0.717, 1.165) is 11.1 Å². The zero-order chi connectivity index (χ0) is 18.1. The Hall–Kier alpha value is -3.02. The molecule has 3 aromatic rings. The van der Waals surface area contributed by atoms with Gasteiger partial charge < -0.3 is 9.42 Å². The number of amides is 1. The van der Waals surface area contributed by atoms with Gasteiger partial charge in [-0.25, -0.2) is 0 Å². The minimum absolute atomic E-state index is 0.122. The van der Waals surface area contributed by atoms with Crippen molar-refractivity contribution >= 4 is 5.91 Å². The first-order valence-electron chi connectivity index (χ1n) is 8.71. The molecule has 1 fully saturated rings. The highest BCUT2D eigenvalue weighted by Gasteiger charge is 2.36. The molecular formula is C20H20N4O2. The second-order valence-corrected chi connectivity index (χ2v) is 6.70. The van der Waals surface area contributed by atoms with E-state index in [1.54, 1.807) is 12.4 Å². The van der Waals surface area contributed by atoms with Gasteiger partial charge in [-0.05, 0) is 43.5 Å². The predicted octanol–water partition coefficient (Wildman–Crippen LogP) is 3.61. The van der Waals surface area contributed by atoms with Crippen molar-refractivity contribution in [2.24, 2.45) is 0 Å². The van der Waals surface area contributed by atoms with Crippen LogP contribution in [0, 0.1) is 13.8 Å². The number of hydrogen-bond donors (Lipinski definition) is 0. The first kappa shape index (κ1) is 16.4. The second kappa shape index (κ2) is 6.71. The van der Waals surface area contributed by atoms with Crippen molar-refractivity contribution in [3.8, 4) is 11.4 Å². The molecule has 1 unspecified atom stereocenters. The molecule has 1 aromatic carbocycles. The van der Waals surface area contributed by atoms with Crippen molar-refractivity contribution < 1.29 is 9.32 Å². The Balaban J connectivity index is 1.61. The smallest absolute Gasteiger partial charge is 0.249 e. The fraction of sp³-hybridized carbons (Fsp3) is 0.300. The fourth-order valence-electron chi connectivity index (χ4n) is 3.33. The van der Waals surface area contributed by atoms with Gasteiger partial charge >= 0.3 is 0 Å². The van der Waals surface area contributed by atoms with Gasteiger partial charge in [0.05, 0.1) is 0 Å². The molecule has 26 heavy (non-hydrogen) atoms. The SMILES string of the molecule is Cc1ccc(C)c(CN2C(=O)CCC2c2nc(-c3cccnc3)no2)c1. The van der Waals surface area contributed by atoms with Gasteiger partial charge in [-0.3, -0.25) is 9.78 Å². The molecule has 1 atom stereocenters. The molecule has 0 bridgehead atoms. The number of benzene rings is 1. The number of rotatable bonds is 4. The molecule has 0 spiro atoms. The summed E-state index contributed by atoms with van der Waals surface area (Å²) in [6.07, 6.45) is 4.59. The first-order valence-corrected chi connectivity index (χ1v) is 8.71. The molecule has 1 amide bonds. The van der Waals surface area contributed by atoms with Crippen LogP contribution in [-0.2, 0) is 11.3 Å². The number of likely N-dealkylation sites (tertiary alicyclic amines) is 1. The first-order chi connectivity index (χ1) is 12.6. The summed E-state index contributed by atoms with van der Waals surface area (Å²) in [7, 11) is 0. The molecule has 3 heterocycles. The zero-order valence-corrected chi connectivity index (χ0v) is 14.8. The molecule has 0 aliphatic carbocycles. The maximum Gasteiger partial charge on any atom is 0.249 e. The van der Waals surface area contributed by atoms with E-state index < -0.39 is 0 Å². The highest BCUT2D eigenvalue weighted by atomic mass is 16.5. The quantitative estimate of drug-likeness (QED) is 0.720. The van der Waals surface area contributed by atoms with Crippen molar-refractivity contribution in [1.82, 2.24) is 20.0 Å². The topological polar surface area (TPSA) is 72.1 Å². The van der Waals surface area contributed by atoms with Crippen molar-refractivity contribution in [2.45, 2.75) is 39.3 Å². The summed E-state index contributed by atoms with van der Waals surface area (Å²) >= 11 is 0. The van der Waals surface area contributed by atoms with Crippen LogP contribution in [0.15, 0.2) is 47.2 Å². The molecule has 2 aromatic heterocycles. The summed E-state index contributed by atoms with van der Waals surface area (Å²) in [6, 6.07) is 9.84. The van der Waals surface area contributed by atoms with E-state index in [1.165, 1.54) is 11.1 Å². The van der Waals surface area contributed by atoms with E-state index >= 15 is 0 Å². The van der Waals surface area contributed by atoms with Gasteiger partial charge in [-0.15, -0.1) is 0 Å². The standard InChI is InChI=1S/C20H20N4O2/c1-13-5-6-14(2)16(10-13)12-24-17(7-8-18(24)25)20-22-19(23-26-20)15-4-3-9-21-11-15/h3-6,9-11,17H,7-8,12H2,1-2H3. The third-order valence-corrected chi connectivity index (χ3v) is 4.82. The van der Waals surface area contributed by atoms with Gasteiger partial charge in [0.15, 0.2) is 0 Å². The van der Waals surface area contributed by atoms with Gasteiger partial charge in [0.1, 0.15) is 6.04 Å². The average molecular weight is 348 g/mol. The summed E-state index contributed by atoms with van der Waals surface area (Å²) in [5.74, 6) is 1.11. The number of nitrogens with zero attached hydrogens (tertiary/aromatic N) is 4. The summed E-state index contributed by atoms with van der Waals surface area (Å²) in [4.78, 5) is 22.9. The predicted molar refractivity (Wildman–Crippen MR) is 96.0 cm³/mol. The lowest BCUT2D eigenvalue weighted by Gasteiger charge is -2.23. The minimum Gasteiger partial charge on any atom is -0.337 e. The minimum atomic E-state index is -0.180. The molecule has 6 nitrogen and oxygen atoms in total. The second-order valence-electron chi connectivity index (χ2n) is 6.70. The third-order valence-electron chi connectivity index (χ3n) is 4.82. The lowest BCUT2D eigenvalue weighted by molar-refractivity contribution is -0.130. The molecule has 0 saturated carbocycles. The van der Waals surface area contributed by atoms with Crippen LogP contribution >= 0.6 is 0 Å². The molecular weight excluding hydrogens is 328 g/mol. The van der Waals surface area contributed by atoms with Crippen molar-refractivity contribution in [3.05, 3.63) is 65.3 Å². The van der Waals surface area contributed by atoms with E-state index in [2.05, 4.69) is 47.2 Å². The Bertz CT molecular complexity index is 936. The molecule has 0 radical (unpaired) electrons. The van der Waals surface area contributed by atoms with Crippen LogP contribution in [0.1, 0.15) is 41.5 Å². The Morgan fingerprint density at radius 1 is 1.27 bits per heavy atom. The van der Waals surface area contributed by atoms with E-state index in [4.69, 9.17) is 4.52 Å². The third kappa shape index (κ3) is 3.10. The summed E-state index contributed by atoms with van der Waals surface area (Å²) in [5, 5.41) is 4.07. The average Bonchev–Trinajstić information content (AvgIpc) is 3.27. The number of pyridine rings is 1. The molecule has 1 saturated heterocycles. The Labute approximate surface area is 151 Å². The molecule has 4 rings (SSSR count). The maximum atomic E-state index is 12.5. The van der Waals surface area contributed by atoms with Crippen LogP contribution in [0.5, 0.6) is 0 Å². The van der Waals surface area contributed by atoms with Gasteiger partial charge in [-0.2, -0.15) is 4.98 Å². The molecule has 6 heteroatoms. The van der Waals surface area contributed by atoms with Crippen LogP contribution < -0.4 is 0 Å². The Morgan fingerprint density at radius 3 is 2.96 bits per heavy atom. The van der Waals surface area contributed by atoms with E-state index in [-0.39, 0.29) is 11.9 Å². The molecule has 132 valence electrons. The van der Waals surface area contributed by atoms with Crippen LogP contribution in [0.25, 0.3) is 11.4 Å². The lowest BCUT2D eigenvalue weighted by Crippen LogP contribution is -2.27. The fourth-order valence-corrected chi connectivity index (χ4v) is 3.33. The van der Waals surface area contributed by atoms with Crippen LogP contribution in [0.4, 0.5) is 0 Å². The van der Waals surface area contributed by atoms with E-state index in [0.29, 0.717) is 31.1 Å². The number of aromatic nitrogens is 3. The van der Waals surface area contributed by atoms with Crippen molar-refractivity contribution in [3.63, 3.8) is 0 Å². The largest absolute Gasteiger partial charge is 0.337 e. The van der Waals surface area contributed by atoms with Crippen LogP contribution in [0.2, 0.25) is 0 Å². The van der Waals surface area contributed by atoms with Crippen molar-refractivity contribution in [1.29, 1.82) is 0 Å². The van der Waals surface area contributed by atoms with Gasteiger partial charge in [-0.1, -0.05) is 28.9 Å². The van der Waals surface area contributed by atoms with Crippen molar-refractivity contribution in [2.75, 3.05) is 0 Å². The highest BCUT2D eigenvalue weighted by Crippen LogP contribution is 2.34. The van der Waals surface area contributed by atoms with E-state index in [9.17, 15) is 4.79 Å². The molecule has 1 aliphatic rings. The Kier molecular flexibility index (Phi) is 4.24. The summed E-state index contributed by atoms with van der Waals surface area (Å²) in [5.41, 5.74) is 4.31. The number of aryl methyl sites for hydroxylation is 2. The van der Waals surface area contributed by atoms with Crippen LogP contribution in [-0.4, -0.2) is 25.9 Å². The number of hydrogen-bond acceptors (Lipinski definition) is 5. The van der Waals surface area contributed by atoms with Gasteiger partial charge in [0.25, 0.3) is 0 Å². The lowest BCUT2D eigenvalue weighted by atomic mass is 10.0. The Morgan fingerprint density at radius 2 is 2.15 bits per heavy atom.